The molecular formula is C12H19N3O2. The van der Waals surface area contributed by atoms with E-state index in [4.69, 9.17) is 9.47 Å². The Kier molecular flexibility index (Phi) is 4.55. The number of hydrogen-bond donors (Lipinski definition) is 1. The Morgan fingerprint density at radius 3 is 2.88 bits per heavy atom. The first kappa shape index (κ1) is 12.1. The van der Waals surface area contributed by atoms with Gasteiger partial charge in [-0.05, 0) is 19.4 Å². The van der Waals surface area contributed by atoms with Crippen LogP contribution in [0.5, 0.6) is 11.8 Å². The lowest BCUT2D eigenvalue weighted by atomic mass is 10.1. The molecule has 2 heterocycles. The number of aromatic nitrogens is 2. The molecule has 1 aliphatic heterocycles. The molecule has 0 saturated carbocycles. The zero-order chi connectivity index (χ0) is 11.9. The van der Waals surface area contributed by atoms with E-state index in [0.717, 1.165) is 19.5 Å². The average molecular weight is 237 g/mol. The summed E-state index contributed by atoms with van der Waals surface area (Å²) in [5.74, 6) is 1.66. The standard InChI is InChI=1S/C12H19N3O2/c1-2-5-16-11-7-14-8-12(15-11)17-9-10-3-4-13-6-10/h7-8,10,13H,2-6,9H2,1H3. The summed E-state index contributed by atoms with van der Waals surface area (Å²) in [6.45, 7) is 5.52. The molecule has 2 rings (SSSR count). The molecule has 94 valence electrons. The molecule has 1 unspecified atom stereocenters. The first-order valence-corrected chi connectivity index (χ1v) is 6.17. The molecule has 0 aromatic carbocycles. The number of rotatable bonds is 6. The van der Waals surface area contributed by atoms with E-state index in [0.29, 0.717) is 30.9 Å². The van der Waals surface area contributed by atoms with Crippen LogP contribution in [0.2, 0.25) is 0 Å². The van der Waals surface area contributed by atoms with E-state index in [1.807, 2.05) is 0 Å². The first-order valence-electron chi connectivity index (χ1n) is 6.17. The number of nitrogens with zero attached hydrogens (tertiary/aromatic N) is 2. The van der Waals surface area contributed by atoms with Crippen molar-refractivity contribution < 1.29 is 9.47 Å². The molecule has 0 radical (unpaired) electrons. The number of hydrogen-bond acceptors (Lipinski definition) is 5. The van der Waals surface area contributed by atoms with E-state index in [2.05, 4.69) is 22.2 Å². The van der Waals surface area contributed by atoms with Gasteiger partial charge >= 0.3 is 0 Å². The second kappa shape index (κ2) is 6.39. The molecule has 1 N–H and O–H groups in total. The van der Waals surface area contributed by atoms with Gasteiger partial charge in [0.1, 0.15) is 0 Å². The molecule has 1 saturated heterocycles. The summed E-state index contributed by atoms with van der Waals surface area (Å²) >= 11 is 0. The van der Waals surface area contributed by atoms with Gasteiger partial charge in [0, 0.05) is 12.5 Å². The van der Waals surface area contributed by atoms with Crippen LogP contribution in [0.4, 0.5) is 0 Å². The maximum atomic E-state index is 5.62. The summed E-state index contributed by atoms with van der Waals surface area (Å²) in [5, 5.41) is 3.31. The van der Waals surface area contributed by atoms with E-state index < -0.39 is 0 Å². The van der Waals surface area contributed by atoms with Crippen molar-refractivity contribution in [3.63, 3.8) is 0 Å². The molecule has 1 atom stereocenters. The van der Waals surface area contributed by atoms with E-state index >= 15 is 0 Å². The van der Waals surface area contributed by atoms with Crippen LogP contribution in [-0.4, -0.2) is 36.3 Å². The lowest BCUT2D eigenvalue weighted by molar-refractivity contribution is 0.241. The van der Waals surface area contributed by atoms with Gasteiger partial charge in [0.05, 0.1) is 25.6 Å². The van der Waals surface area contributed by atoms with Crippen LogP contribution < -0.4 is 14.8 Å². The van der Waals surface area contributed by atoms with Crippen molar-refractivity contribution in [3.05, 3.63) is 12.4 Å². The fourth-order valence-corrected chi connectivity index (χ4v) is 1.74. The lowest BCUT2D eigenvalue weighted by Gasteiger charge is -2.10. The lowest BCUT2D eigenvalue weighted by Crippen LogP contribution is -2.16. The molecule has 5 heteroatoms. The minimum Gasteiger partial charge on any atom is -0.477 e. The largest absolute Gasteiger partial charge is 0.477 e. The van der Waals surface area contributed by atoms with E-state index in [1.165, 1.54) is 6.42 Å². The van der Waals surface area contributed by atoms with Crippen molar-refractivity contribution in [3.8, 4) is 11.8 Å². The smallest absolute Gasteiger partial charge is 0.235 e. The zero-order valence-corrected chi connectivity index (χ0v) is 10.2. The Morgan fingerprint density at radius 2 is 2.18 bits per heavy atom. The Bertz CT molecular complexity index is 340. The fraction of sp³-hybridized carbons (Fsp3) is 0.667. The molecule has 1 fully saturated rings. The van der Waals surface area contributed by atoms with E-state index in [9.17, 15) is 0 Å². The molecule has 1 aromatic heterocycles. The third-order valence-electron chi connectivity index (χ3n) is 2.67. The Hall–Kier alpha value is -1.36. The molecule has 0 aliphatic carbocycles. The van der Waals surface area contributed by atoms with Crippen LogP contribution in [0.15, 0.2) is 12.4 Å². The Balaban J connectivity index is 1.82. The third kappa shape index (κ3) is 3.85. The minimum absolute atomic E-state index is 0.536. The molecule has 1 aliphatic rings. The minimum atomic E-state index is 0.536. The highest BCUT2D eigenvalue weighted by atomic mass is 16.5. The van der Waals surface area contributed by atoms with Crippen molar-refractivity contribution in [2.45, 2.75) is 19.8 Å². The topological polar surface area (TPSA) is 56.3 Å². The van der Waals surface area contributed by atoms with Crippen molar-refractivity contribution >= 4 is 0 Å². The highest BCUT2D eigenvalue weighted by Gasteiger charge is 2.15. The van der Waals surface area contributed by atoms with Gasteiger partial charge in [0.2, 0.25) is 11.8 Å². The van der Waals surface area contributed by atoms with Gasteiger partial charge < -0.3 is 14.8 Å². The van der Waals surface area contributed by atoms with Gasteiger partial charge in [-0.3, -0.25) is 4.98 Å². The first-order chi connectivity index (χ1) is 8.38. The summed E-state index contributed by atoms with van der Waals surface area (Å²) in [4.78, 5) is 8.30. The summed E-state index contributed by atoms with van der Waals surface area (Å²) in [7, 11) is 0. The number of nitrogens with one attached hydrogen (secondary N) is 1. The summed E-state index contributed by atoms with van der Waals surface area (Å²) in [6.07, 6.45) is 5.36. The highest BCUT2D eigenvalue weighted by molar-refractivity contribution is 5.12. The van der Waals surface area contributed by atoms with Crippen LogP contribution in [0.25, 0.3) is 0 Å². The van der Waals surface area contributed by atoms with Crippen molar-refractivity contribution in [1.82, 2.24) is 15.3 Å². The van der Waals surface area contributed by atoms with Gasteiger partial charge in [0.25, 0.3) is 0 Å². The van der Waals surface area contributed by atoms with Crippen molar-refractivity contribution in [2.24, 2.45) is 5.92 Å². The third-order valence-corrected chi connectivity index (χ3v) is 2.67. The second-order valence-electron chi connectivity index (χ2n) is 4.21. The molecule has 0 bridgehead atoms. The molecule has 1 aromatic rings. The van der Waals surface area contributed by atoms with Crippen molar-refractivity contribution in [1.29, 1.82) is 0 Å². The number of ether oxygens (including phenoxy) is 2. The summed E-state index contributed by atoms with van der Waals surface area (Å²) in [5.41, 5.74) is 0. The molecule has 17 heavy (non-hydrogen) atoms. The van der Waals surface area contributed by atoms with Crippen LogP contribution in [0.3, 0.4) is 0 Å². The maximum Gasteiger partial charge on any atom is 0.235 e. The van der Waals surface area contributed by atoms with Crippen molar-refractivity contribution in [2.75, 3.05) is 26.3 Å². The summed E-state index contributed by atoms with van der Waals surface area (Å²) < 4.78 is 11.0. The molecule has 5 nitrogen and oxygen atoms in total. The maximum absolute atomic E-state index is 5.62. The second-order valence-corrected chi connectivity index (χ2v) is 4.21. The van der Waals surface area contributed by atoms with Gasteiger partial charge in [-0.1, -0.05) is 6.92 Å². The van der Waals surface area contributed by atoms with Crippen LogP contribution in [-0.2, 0) is 0 Å². The predicted octanol–water partition coefficient (Wildman–Crippen LogP) is 1.25. The highest BCUT2D eigenvalue weighted by Crippen LogP contribution is 2.14. The van der Waals surface area contributed by atoms with Gasteiger partial charge in [-0.2, -0.15) is 4.98 Å². The fourth-order valence-electron chi connectivity index (χ4n) is 1.74. The predicted molar refractivity (Wildman–Crippen MR) is 64.3 cm³/mol. The zero-order valence-electron chi connectivity index (χ0n) is 10.2. The quantitative estimate of drug-likeness (QED) is 0.807. The summed E-state index contributed by atoms with van der Waals surface area (Å²) in [6, 6.07) is 0. The SMILES string of the molecule is CCCOc1cncc(OCC2CCNC2)n1. The van der Waals surface area contributed by atoms with E-state index in [1.54, 1.807) is 12.4 Å². The van der Waals surface area contributed by atoms with E-state index in [-0.39, 0.29) is 0 Å². The molecule has 0 spiro atoms. The Morgan fingerprint density at radius 1 is 1.35 bits per heavy atom. The Labute approximate surface area is 102 Å². The molecular weight excluding hydrogens is 218 g/mol. The molecule has 0 amide bonds. The van der Waals surface area contributed by atoms with Gasteiger partial charge in [-0.25, -0.2) is 0 Å². The van der Waals surface area contributed by atoms with Crippen LogP contribution >= 0.6 is 0 Å². The monoisotopic (exact) mass is 237 g/mol. The van der Waals surface area contributed by atoms with Gasteiger partial charge in [0.15, 0.2) is 0 Å². The van der Waals surface area contributed by atoms with Crippen LogP contribution in [0, 0.1) is 5.92 Å². The van der Waals surface area contributed by atoms with Crippen LogP contribution in [0.1, 0.15) is 19.8 Å². The normalized spacial score (nSPS) is 19.2. The van der Waals surface area contributed by atoms with Gasteiger partial charge in [-0.15, -0.1) is 0 Å². The average Bonchev–Trinajstić information content (AvgIpc) is 2.87.